The Hall–Kier alpha value is -0.240. The number of nitrogens with two attached hydrogens (primary N) is 1. The maximum atomic E-state index is 11.4. The van der Waals surface area contributed by atoms with E-state index < -0.39 is 10.2 Å². The van der Waals surface area contributed by atoms with E-state index in [4.69, 9.17) is 5.73 Å². The molecule has 0 aromatic carbocycles. The van der Waals surface area contributed by atoms with Crippen molar-refractivity contribution in [2.75, 3.05) is 19.6 Å². The molecular formula is C6H13N3O2S2. The Kier molecular flexibility index (Phi) is 3.60. The summed E-state index contributed by atoms with van der Waals surface area (Å²) < 4.78 is 26.6. The van der Waals surface area contributed by atoms with Gasteiger partial charge in [0.1, 0.15) is 0 Å². The van der Waals surface area contributed by atoms with Crippen LogP contribution in [0.3, 0.4) is 0 Å². The maximum absolute atomic E-state index is 11.4. The molecule has 0 spiro atoms. The van der Waals surface area contributed by atoms with Crippen LogP contribution in [0.4, 0.5) is 0 Å². The molecule has 0 atom stereocenters. The topological polar surface area (TPSA) is 75.4 Å². The normalized spacial score (nSPS) is 19.1. The lowest BCUT2D eigenvalue weighted by Gasteiger charge is -2.15. The van der Waals surface area contributed by atoms with Crippen LogP contribution in [0.2, 0.25) is 0 Å². The van der Waals surface area contributed by atoms with Gasteiger partial charge >= 0.3 is 0 Å². The van der Waals surface area contributed by atoms with Crippen LogP contribution in [0.1, 0.15) is 12.8 Å². The zero-order valence-electron chi connectivity index (χ0n) is 7.19. The summed E-state index contributed by atoms with van der Waals surface area (Å²) >= 11 is 4.57. The summed E-state index contributed by atoms with van der Waals surface area (Å²) in [5, 5.41) is 0. The minimum atomic E-state index is -3.34. The van der Waals surface area contributed by atoms with E-state index in [-0.39, 0.29) is 11.5 Å². The molecular weight excluding hydrogens is 210 g/mol. The second-order valence-corrected chi connectivity index (χ2v) is 5.18. The molecule has 1 fully saturated rings. The highest BCUT2D eigenvalue weighted by atomic mass is 32.2. The zero-order chi connectivity index (χ0) is 9.90. The van der Waals surface area contributed by atoms with E-state index in [1.54, 1.807) is 0 Å². The molecule has 3 N–H and O–H groups in total. The number of hydrogen-bond donors (Lipinski definition) is 2. The third kappa shape index (κ3) is 3.18. The van der Waals surface area contributed by atoms with Crippen LogP contribution in [-0.2, 0) is 10.2 Å². The molecule has 0 aliphatic carbocycles. The Morgan fingerprint density at radius 2 is 2.00 bits per heavy atom. The maximum Gasteiger partial charge on any atom is 0.279 e. The lowest BCUT2D eigenvalue weighted by atomic mass is 10.4. The molecule has 76 valence electrons. The third-order valence-corrected chi connectivity index (χ3v) is 3.53. The molecule has 1 rings (SSSR count). The van der Waals surface area contributed by atoms with Gasteiger partial charge in [-0.3, -0.25) is 0 Å². The van der Waals surface area contributed by atoms with Gasteiger partial charge in [0.05, 0.1) is 11.5 Å². The molecule has 0 aromatic heterocycles. The van der Waals surface area contributed by atoms with Gasteiger partial charge < -0.3 is 5.73 Å². The van der Waals surface area contributed by atoms with Crippen LogP contribution in [0, 0.1) is 0 Å². The molecule has 0 unspecified atom stereocenters. The first kappa shape index (κ1) is 10.8. The Balaban J connectivity index is 2.50. The SMILES string of the molecule is NC(=S)CNS(=O)(=O)N1CCCC1. The summed E-state index contributed by atoms with van der Waals surface area (Å²) in [6.45, 7) is 1.22. The number of nitrogens with zero attached hydrogens (tertiary/aromatic N) is 1. The quantitative estimate of drug-likeness (QED) is 0.612. The smallest absolute Gasteiger partial charge is 0.279 e. The molecule has 0 bridgehead atoms. The molecule has 0 radical (unpaired) electrons. The predicted molar refractivity (Wildman–Crippen MR) is 54.5 cm³/mol. The fourth-order valence-electron chi connectivity index (χ4n) is 1.18. The van der Waals surface area contributed by atoms with Crippen LogP contribution in [-0.4, -0.2) is 37.3 Å². The first-order chi connectivity index (χ1) is 6.02. The van der Waals surface area contributed by atoms with E-state index >= 15 is 0 Å². The van der Waals surface area contributed by atoms with Gasteiger partial charge in [-0.05, 0) is 12.8 Å². The van der Waals surface area contributed by atoms with Crippen LogP contribution < -0.4 is 10.5 Å². The molecule has 7 heteroatoms. The molecule has 13 heavy (non-hydrogen) atoms. The molecule has 1 saturated heterocycles. The minimum absolute atomic E-state index is 0.0359. The summed E-state index contributed by atoms with van der Waals surface area (Å²) in [5.41, 5.74) is 5.18. The lowest BCUT2D eigenvalue weighted by Crippen LogP contribution is -2.42. The standard InChI is InChI=1S/C6H13N3O2S2/c7-6(12)5-8-13(10,11)9-3-1-2-4-9/h8H,1-5H2,(H2,7,12). The highest BCUT2D eigenvalue weighted by Crippen LogP contribution is 2.10. The van der Waals surface area contributed by atoms with Gasteiger partial charge in [0.15, 0.2) is 0 Å². The summed E-state index contributed by atoms with van der Waals surface area (Å²) in [5.74, 6) is 0. The number of rotatable bonds is 4. The first-order valence-electron chi connectivity index (χ1n) is 4.05. The van der Waals surface area contributed by atoms with Crippen LogP contribution in [0.25, 0.3) is 0 Å². The first-order valence-corrected chi connectivity index (χ1v) is 5.90. The molecule has 1 heterocycles. The zero-order valence-corrected chi connectivity index (χ0v) is 8.83. The fourth-order valence-corrected chi connectivity index (χ4v) is 2.61. The largest absolute Gasteiger partial charge is 0.392 e. The van der Waals surface area contributed by atoms with E-state index in [0.29, 0.717) is 13.1 Å². The lowest BCUT2D eigenvalue weighted by molar-refractivity contribution is 0.468. The molecule has 0 amide bonds. The second kappa shape index (κ2) is 4.32. The highest BCUT2D eigenvalue weighted by Gasteiger charge is 2.24. The van der Waals surface area contributed by atoms with Crippen molar-refractivity contribution in [3.8, 4) is 0 Å². The van der Waals surface area contributed by atoms with Crippen molar-refractivity contribution in [3.63, 3.8) is 0 Å². The van der Waals surface area contributed by atoms with Crippen molar-refractivity contribution < 1.29 is 8.42 Å². The van der Waals surface area contributed by atoms with Crippen molar-refractivity contribution >= 4 is 27.4 Å². The Bertz CT molecular complexity index is 282. The van der Waals surface area contributed by atoms with Gasteiger partial charge in [0.2, 0.25) is 0 Å². The van der Waals surface area contributed by atoms with Gasteiger partial charge in [-0.25, -0.2) is 0 Å². The van der Waals surface area contributed by atoms with Crippen molar-refractivity contribution in [2.24, 2.45) is 5.73 Å². The molecule has 1 aliphatic heterocycles. The Morgan fingerprint density at radius 3 is 2.46 bits per heavy atom. The summed E-state index contributed by atoms with van der Waals surface area (Å²) in [7, 11) is -3.34. The number of hydrogen-bond acceptors (Lipinski definition) is 3. The molecule has 0 saturated carbocycles. The van der Waals surface area contributed by atoms with Gasteiger partial charge in [0.25, 0.3) is 10.2 Å². The van der Waals surface area contributed by atoms with E-state index in [0.717, 1.165) is 12.8 Å². The van der Waals surface area contributed by atoms with E-state index in [2.05, 4.69) is 16.9 Å². The average Bonchev–Trinajstić information content (AvgIpc) is 2.53. The molecule has 1 aliphatic rings. The summed E-state index contributed by atoms with van der Waals surface area (Å²) in [6, 6.07) is 0. The van der Waals surface area contributed by atoms with Gasteiger partial charge in [-0.2, -0.15) is 17.4 Å². The van der Waals surface area contributed by atoms with Gasteiger partial charge in [0, 0.05) is 13.1 Å². The predicted octanol–water partition coefficient (Wildman–Crippen LogP) is -0.797. The summed E-state index contributed by atoms with van der Waals surface area (Å²) in [4.78, 5) is 0.155. The third-order valence-electron chi connectivity index (χ3n) is 1.83. The average molecular weight is 223 g/mol. The van der Waals surface area contributed by atoms with E-state index in [1.807, 2.05) is 0 Å². The molecule has 0 aromatic rings. The minimum Gasteiger partial charge on any atom is -0.392 e. The van der Waals surface area contributed by atoms with Crippen LogP contribution in [0.15, 0.2) is 0 Å². The van der Waals surface area contributed by atoms with Crippen molar-refractivity contribution in [1.82, 2.24) is 9.03 Å². The van der Waals surface area contributed by atoms with Crippen molar-refractivity contribution in [2.45, 2.75) is 12.8 Å². The van der Waals surface area contributed by atoms with Gasteiger partial charge in [-0.1, -0.05) is 12.2 Å². The monoisotopic (exact) mass is 223 g/mol. The van der Waals surface area contributed by atoms with E-state index in [1.165, 1.54) is 4.31 Å². The van der Waals surface area contributed by atoms with Crippen molar-refractivity contribution in [3.05, 3.63) is 0 Å². The summed E-state index contributed by atoms with van der Waals surface area (Å²) in [6.07, 6.45) is 1.85. The van der Waals surface area contributed by atoms with Crippen LogP contribution >= 0.6 is 12.2 Å². The number of nitrogens with one attached hydrogen (secondary N) is 1. The fraction of sp³-hybridized carbons (Fsp3) is 0.833. The second-order valence-electron chi connectivity index (χ2n) is 2.90. The van der Waals surface area contributed by atoms with Crippen molar-refractivity contribution in [1.29, 1.82) is 0 Å². The number of thiocarbonyl (C=S) groups is 1. The highest BCUT2D eigenvalue weighted by molar-refractivity contribution is 7.87. The van der Waals surface area contributed by atoms with E-state index in [9.17, 15) is 8.42 Å². The van der Waals surface area contributed by atoms with Crippen LogP contribution in [0.5, 0.6) is 0 Å². The van der Waals surface area contributed by atoms with Gasteiger partial charge in [-0.15, -0.1) is 0 Å². The Labute approximate surface area is 83.5 Å². The Morgan fingerprint density at radius 1 is 1.46 bits per heavy atom. The molecule has 5 nitrogen and oxygen atoms in total.